The maximum atomic E-state index is 5.27. The molecule has 0 heterocycles. The Morgan fingerprint density at radius 2 is 2.00 bits per heavy atom. The van der Waals surface area contributed by atoms with Crippen molar-refractivity contribution in [3.63, 3.8) is 0 Å². The van der Waals surface area contributed by atoms with Crippen LogP contribution in [0.4, 0.5) is 0 Å². The lowest BCUT2D eigenvalue weighted by atomic mass is 10.2. The molecule has 0 rings (SSSR count). The van der Waals surface area contributed by atoms with Gasteiger partial charge in [-0.2, -0.15) is 11.8 Å². The van der Waals surface area contributed by atoms with Crippen molar-refractivity contribution < 1.29 is 4.74 Å². The van der Waals surface area contributed by atoms with Gasteiger partial charge >= 0.3 is 0 Å². The smallest absolute Gasteiger partial charge is 0.0630 e. The molecule has 0 aliphatic heterocycles. The van der Waals surface area contributed by atoms with Gasteiger partial charge in [-0.15, -0.1) is 0 Å². The van der Waals surface area contributed by atoms with Gasteiger partial charge in [0.1, 0.15) is 0 Å². The van der Waals surface area contributed by atoms with Crippen LogP contribution in [-0.2, 0) is 4.74 Å². The topological polar surface area (TPSA) is 24.5 Å². The largest absolute Gasteiger partial charge is 0.383 e. The maximum absolute atomic E-state index is 5.27. The lowest BCUT2D eigenvalue weighted by molar-refractivity contribution is 0.108. The summed E-state index contributed by atoms with van der Waals surface area (Å²) in [4.78, 5) is 2.38. The van der Waals surface area contributed by atoms with E-state index >= 15 is 0 Å². The van der Waals surface area contributed by atoms with E-state index in [-0.39, 0.29) is 0 Å². The molecule has 98 valence electrons. The SMILES string of the molecule is COCC(CNCC(C)C)N(C)CCSC. The molecular weight excluding hydrogens is 220 g/mol. The minimum Gasteiger partial charge on any atom is -0.383 e. The number of nitrogens with zero attached hydrogens (tertiary/aromatic N) is 1. The van der Waals surface area contributed by atoms with Crippen molar-refractivity contribution in [3.05, 3.63) is 0 Å². The molecule has 0 fully saturated rings. The zero-order chi connectivity index (χ0) is 12.4. The van der Waals surface area contributed by atoms with Crippen molar-refractivity contribution in [2.75, 3.05) is 52.4 Å². The molecule has 0 aromatic heterocycles. The zero-order valence-corrected chi connectivity index (χ0v) is 12.3. The summed E-state index contributed by atoms with van der Waals surface area (Å²) in [6.07, 6.45) is 2.15. The van der Waals surface area contributed by atoms with Crippen LogP contribution in [0, 0.1) is 5.92 Å². The summed E-state index contributed by atoms with van der Waals surface area (Å²) < 4.78 is 5.27. The molecule has 0 aromatic carbocycles. The fourth-order valence-corrected chi connectivity index (χ4v) is 1.96. The van der Waals surface area contributed by atoms with E-state index in [2.05, 4.69) is 37.4 Å². The number of rotatable bonds is 10. The first kappa shape index (κ1) is 16.2. The first-order valence-electron chi connectivity index (χ1n) is 6.00. The van der Waals surface area contributed by atoms with Gasteiger partial charge in [-0.1, -0.05) is 13.8 Å². The molecule has 0 aromatic rings. The van der Waals surface area contributed by atoms with Gasteiger partial charge in [0.25, 0.3) is 0 Å². The van der Waals surface area contributed by atoms with E-state index < -0.39 is 0 Å². The first-order valence-corrected chi connectivity index (χ1v) is 7.40. The van der Waals surface area contributed by atoms with Crippen LogP contribution in [0.3, 0.4) is 0 Å². The maximum Gasteiger partial charge on any atom is 0.0630 e. The quantitative estimate of drug-likeness (QED) is 0.634. The molecule has 3 nitrogen and oxygen atoms in total. The molecule has 16 heavy (non-hydrogen) atoms. The van der Waals surface area contributed by atoms with Crippen LogP contribution in [0.1, 0.15) is 13.8 Å². The molecular formula is C12H28N2OS. The molecule has 1 atom stereocenters. The van der Waals surface area contributed by atoms with Gasteiger partial charge in [-0.05, 0) is 25.8 Å². The van der Waals surface area contributed by atoms with E-state index in [1.807, 2.05) is 11.8 Å². The molecule has 0 saturated heterocycles. The Labute approximate surface area is 105 Å². The summed E-state index contributed by atoms with van der Waals surface area (Å²) in [7, 11) is 3.95. The van der Waals surface area contributed by atoms with Gasteiger partial charge in [0, 0.05) is 32.0 Å². The molecule has 1 N–H and O–H groups in total. The second kappa shape index (κ2) is 10.4. The fourth-order valence-electron chi connectivity index (χ4n) is 1.49. The van der Waals surface area contributed by atoms with Crippen molar-refractivity contribution in [1.82, 2.24) is 10.2 Å². The van der Waals surface area contributed by atoms with Gasteiger partial charge < -0.3 is 10.1 Å². The number of likely N-dealkylation sites (N-methyl/N-ethyl adjacent to an activating group) is 1. The second-order valence-electron chi connectivity index (χ2n) is 4.63. The summed E-state index contributed by atoms with van der Waals surface area (Å²) in [5.41, 5.74) is 0. The number of hydrogen-bond donors (Lipinski definition) is 1. The normalized spacial score (nSPS) is 13.7. The highest BCUT2D eigenvalue weighted by molar-refractivity contribution is 7.98. The Morgan fingerprint density at radius 1 is 1.31 bits per heavy atom. The van der Waals surface area contributed by atoms with Gasteiger partial charge in [-0.3, -0.25) is 4.90 Å². The lowest BCUT2D eigenvalue weighted by Gasteiger charge is -2.27. The van der Waals surface area contributed by atoms with E-state index in [9.17, 15) is 0 Å². The van der Waals surface area contributed by atoms with Crippen LogP contribution in [0.25, 0.3) is 0 Å². The zero-order valence-electron chi connectivity index (χ0n) is 11.5. The molecule has 4 heteroatoms. The molecule has 0 amide bonds. The van der Waals surface area contributed by atoms with Crippen molar-refractivity contribution in [2.45, 2.75) is 19.9 Å². The van der Waals surface area contributed by atoms with Crippen molar-refractivity contribution >= 4 is 11.8 Å². The standard InChI is InChI=1S/C12H28N2OS/c1-11(2)8-13-9-12(10-15-4)14(3)6-7-16-5/h11-13H,6-10H2,1-5H3. The fraction of sp³-hybridized carbons (Fsp3) is 1.00. The highest BCUT2D eigenvalue weighted by atomic mass is 32.2. The average molecular weight is 248 g/mol. The van der Waals surface area contributed by atoms with Crippen LogP contribution in [0.15, 0.2) is 0 Å². The number of methoxy groups -OCH3 is 1. The summed E-state index contributed by atoms with van der Waals surface area (Å²) in [5, 5.41) is 3.50. The van der Waals surface area contributed by atoms with Crippen molar-refractivity contribution in [3.8, 4) is 0 Å². The second-order valence-corrected chi connectivity index (χ2v) is 5.62. The van der Waals surface area contributed by atoms with Crippen LogP contribution in [0.5, 0.6) is 0 Å². The highest BCUT2D eigenvalue weighted by Crippen LogP contribution is 2.00. The third-order valence-electron chi connectivity index (χ3n) is 2.56. The highest BCUT2D eigenvalue weighted by Gasteiger charge is 2.13. The number of nitrogens with one attached hydrogen (secondary N) is 1. The minimum atomic E-state index is 0.482. The monoisotopic (exact) mass is 248 g/mol. The predicted molar refractivity (Wildman–Crippen MR) is 74.4 cm³/mol. The van der Waals surface area contributed by atoms with Crippen molar-refractivity contribution in [1.29, 1.82) is 0 Å². The summed E-state index contributed by atoms with van der Waals surface area (Å²) in [5.74, 6) is 1.89. The molecule has 0 aliphatic rings. The molecule has 0 bridgehead atoms. The summed E-state index contributed by atoms with van der Waals surface area (Å²) in [6, 6.07) is 0.482. The summed E-state index contributed by atoms with van der Waals surface area (Å²) in [6.45, 7) is 8.48. The van der Waals surface area contributed by atoms with Crippen LogP contribution in [0.2, 0.25) is 0 Å². The van der Waals surface area contributed by atoms with Crippen LogP contribution >= 0.6 is 11.8 Å². The molecule has 0 saturated carbocycles. The number of hydrogen-bond acceptors (Lipinski definition) is 4. The molecule has 0 spiro atoms. The van der Waals surface area contributed by atoms with Gasteiger partial charge in [0.15, 0.2) is 0 Å². The van der Waals surface area contributed by atoms with Gasteiger partial charge in [0.2, 0.25) is 0 Å². The predicted octanol–water partition coefficient (Wildman–Crippen LogP) is 1.54. The first-order chi connectivity index (χ1) is 7.61. The minimum absolute atomic E-state index is 0.482. The van der Waals surface area contributed by atoms with Crippen molar-refractivity contribution in [2.24, 2.45) is 5.92 Å². The number of thioether (sulfide) groups is 1. The Balaban J connectivity index is 3.84. The van der Waals surface area contributed by atoms with Crippen LogP contribution in [-0.4, -0.2) is 63.3 Å². The molecule has 0 radical (unpaired) electrons. The Kier molecular flexibility index (Phi) is 10.5. The average Bonchev–Trinajstić information content (AvgIpc) is 2.24. The molecule has 0 aliphatic carbocycles. The van der Waals surface area contributed by atoms with Gasteiger partial charge in [0.05, 0.1) is 6.61 Å². The van der Waals surface area contributed by atoms with E-state index in [4.69, 9.17) is 4.74 Å². The lowest BCUT2D eigenvalue weighted by Crippen LogP contribution is -2.44. The van der Waals surface area contributed by atoms with Crippen LogP contribution < -0.4 is 5.32 Å². The third-order valence-corrected chi connectivity index (χ3v) is 3.15. The van der Waals surface area contributed by atoms with E-state index in [0.717, 1.165) is 26.2 Å². The third kappa shape index (κ3) is 8.39. The van der Waals surface area contributed by atoms with Gasteiger partial charge in [-0.25, -0.2) is 0 Å². The Hall–Kier alpha value is 0.230. The number of ether oxygens (including phenoxy) is 1. The van der Waals surface area contributed by atoms with E-state index in [0.29, 0.717) is 12.0 Å². The Bertz CT molecular complexity index is 156. The summed E-state index contributed by atoms with van der Waals surface area (Å²) >= 11 is 1.89. The Morgan fingerprint density at radius 3 is 2.50 bits per heavy atom. The molecule has 1 unspecified atom stereocenters. The van der Waals surface area contributed by atoms with E-state index in [1.54, 1.807) is 7.11 Å². The van der Waals surface area contributed by atoms with E-state index in [1.165, 1.54) is 5.75 Å².